The first-order valence-corrected chi connectivity index (χ1v) is 13.2. The Morgan fingerprint density at radius 2 is 1.58 bits per heavy atom. The zero-order chi connectivity index (χ0) is 26.6. The number of dihydropyridines is 1. The molecular weight excluding hydrogens is 502 g/mol. The van der Waals surface area contributed by atoms with E-state index in [9.17, 15) is 22.8 Å². The van der Waals surface area contributed by atoms with E-state index in [4.69, 9.17) is 11.6 Å². The molecule has 0 bridgehead atoms. The number of imide groups is 1. The van der Waals surface area contributed by atoms with Crippen LogP contribution in [0.1, 0.15) is 60.9 Å². The number of fused-ring (bicyclic) bond motifs is 1. The summed E-state index contributed by atoms with van der Waals surface area (Å²) < 4.78 is 28.7. The Balaban J connectivity index is 1.66. The summed E-state index contributed by atoms with van der Waals surface area (Å²) in [7, 11) is -4.08. The Kier molecular flexibility index (Phi) is 6.43. The lowest BCUT2D eigenvalue weighted by atomic mass is 9.87. The van der Waals surface area contributed by atoms with Crippen LogP contribution in [0.15, 0.2) is 57.9 Å². The van der Waals surface area contributed by atoms with Gasteiger partial charge in [-0.25, -0.2) is 13.4 Å². The maximum absolute atomic E-state index is 13.4. The maximum Gasteiger partial charge on any atom is 0.263 e. The average molecular weight is 528 g/mol. The van der Waals surface area contributed by atoms with Gasteiger partial charge >= 0.3 is 0 Å². The van der Waals surface area contributed by atoms with Crippen LogP contribution < -0.4 is 4.72 Å². The number of sulfonamides is 1. The SMILES string of the molecule is CC1=CC(C)=NC(=O)C1CN1C(=O)c2c(Cl)ccc(NS(=O)(=O)c3ccc(C(C)(C)C)cc3)c2C1=O. The molecule has 2 aliphatic rings. The summed E-state index contributed by atoms with van der Waals surface area (Å²) in [4.78, 5) is 43.8. The van der Waals surface area contributed by atoms with Crippen LogP contribution in [-0.4, -0.2) is 43.3 Å². The number of hydrogen-bond donors (Lipinski definition) is 1. The third-order valence-electron chi connectivity index (χ3n) is 6.28. The zero-order valence-electron chi connectivity index (χ0n) is 20.5. The van der Waals surface area contributed by atoms with E-state index in [1.165, 1.54) is 24.3 Å². The van der Waals surface area contributed by atoms with Crippen LogP contribution in [0.5, 0.6) is 0 Å². The number of hydrogen-bond acceptors (Lipinski definition) is 5. The van der Waals surface area contributed by atoms with Gasteiger partial charge in [-0.3, -0.25) is 24.0 Å². The lowest BCUT2D eigenvalue weighted by Crippen LogP contribution is -2.38. The van der Waals surface area contributed by atoms with Gasteiger partial charge in [0.15, 0.2) is 0 Å². The predicted molar refractivity (Wildman–Crippen MR) is 138 cm³/mol. The van der Waals surface area contributed by atoms with Crippen LogP contribution in [0.25, 0.3) is 0 Å². The number of benzene rings is 2. The lowest BCUT2D eigenvalue weighted by molar-refractivity contribution is -0.120. The molecule has 2 aromatic rings. The highest BCUT2D eigenvalue weighted by atomic mass is 35.5. The van der Waals surface area contributed by atoms with Gasteiger partial charge in [0, 0.05) is 12.3 Å². The number of aliphatic imine (C=N–C) groups is 1. The average Bonchev–Trinajstić information content (AvgIpc) is 3.03. The van der Waals surface area contributed by atoms with Crippen LogP contribution in [0, 0.1) is 5.92 Å². The summed E-state index contributed by atoms with van der Waals surface area (Å²) in [6.45, 7) is 9.26. The highest BCUT2D eigenvalue weighted by molar-refractivity contribution is 7.92. The molecule has 2 heterocycles. The van der Waals surface area contributed by atoms with E-state index in [0.29, 0.717) is 11.3 Å². The van der Waals surface area contributed by atoms with Crippen molar-refractivity contribution in [3.05, 3.63) is 69.8 Å². The van der Waals surface area contributed by atoms with E-state index < -0.39 is 33.7 Å². The zero-order valence-corrected chi connectivity index (χ0v) is 22.1. The van der Waals surface area contributed by atoms with Gasteiger partial charge in [0.05, 0.1) is 32.7 Å². The van der Waals surface area contributed by atoms with Crippen LogP contribution in [0.4, 0.5) is 5.69 Å². The Morgan fingerprint density at radius 3 is 2.17 bits per heavy atom. The van der Waals surface area contributed by atoms with Crippen molar-refractivity contribution in [2.45, 2.75) is 44.9 Å². The molecule has 3 amide bonds. The monoisotopic (exact) mass is 527 g/mol. The number of allylic oxidation sites excluding steroid dienone is 1. The van der Waals surface area contributed by atoms with Gasteiger partial charge in [0.25, 0.3) is 27.7 Å². The molecule has 0 saturated carbocycles. The molecule has 36 heavy (non-hydrogen) atoms. The number of nitrogens with zero attached hydrogens (tertiary/aromatic N) is 2. The third-order valence-corrected chi connectivity index (χ3v) is 7.98. The van der Waals surface area contributed by atoms with Gasteiger partial charge in [0.2, 0.25) is 0 Å². The van der Waals surface area contributed by atoms with Crippen LogP contribution in [-0.2, 0) is 20.2 Å². The summed E-state index contributed by atoms with van der Waals surface area (Å²) in [5, 5.41) is 0.0134. The number of rotatable bonds is 5. The van der Waals surface area contributed by atoms with Crippen molar-refractivity contribution in [1.29, 1.82) is 0 Å². The largest absolute Gasteiger partial charge is 0.279 e. The molecule has 4 rings (SSSR count). The van der Waals surface area contributed by atoms with E-state index in [0.717, 1.165) is 10.5 Å². The van der Waals surface area contributed by atoms with Gasteiger partial charge in [0.1, 0.15) is 0 Å². The second-order valence-corrected chi connectivity index (χ2v) is 12.1. The Hall–Kier alpha value is -3.30. The molecule has 0 aliphatic carbocycles. The van der Waals surface area contributed by atoms with Gasteiger partial charge in [-0.15, -0.1) is 0 Å². The molecule has 0 saturated heterocycles. The first-order chi connectivity index (χ1) is 16.7. The first-order valence-electron chi connectivity index (χ1n) is 11.3. The molecule has 0 aromatic heterocycles. The third kappa shape index (κ3) is 4.60. The molecule has 10 heteroatoms. The smallest absolute Gasteiger partial charge is 0.263 e. The minimum absolute atomic E-state index is 0.00891. The number of halogens is 1. The summed E-state index contributed by atoms with van der Waals surface area (Å²) in [6, 6.07) is 9.16. The molecule has 2 aromatic carbocycles. The van der Waals surface area contributed by atoms with Crippen molar-refractivity contribution in [1.82, 2.24) is 4.90 Å². The highest BCUT2D eigenvalue weighted by Crippen LogP contribution is 2.37. The number of amides is 3. The molecule has 2 aliphatic heterocycles. The van der Waals surface area contributed by atoms with Crippen molar-refractivity contribution in [3.8, 4) is 0 Å². The molecule has 8 nitrogen and oxygen atoms in total. The quantitative estimate of drug-likeness (QED) is 0.571. The van der Waals surface area contributed by atoms with Crippen molar-refractivity contribution < 1.29 is 22.8 Å². The van der Waals surface area contributed by atoms with Gasteiger partial charge < -0.3 is 0 Å². The fraction of sp³-hybridized carbons (Fsp3) is 0.308. The van der Waals surface area contributed by atoms with Gasteiger partial charge in [-0.1, -0.05) is 50.1 Å². The molecule has 1 N–H and O–H groups in total. The van der Waals surface area contributed by atoms with Crippen LogP contribution in [0.2, 0.25) is 5.02 Å². The van der Waals surface area contributed by atoms with E-state index >= 15 is 0 Å². The van der Waals surface area contributed by atoms with E-state index in [1.807, 2.05) is 20.8 Å². The van der Waals surface area contributed by atoms with Crippen molar-refractivity contribution in [2.24, 2.45) is 10.9 Å². The molecular formula is C26H26ClN3O5S. The number of carbonyl (C=O) groups is 3. The molecule has 0 spiro atoms. The minimum Gasteiger partial charge on any atom is -0.279 e. The second-order valence-electron chi connectivity index (χ2n) is 9.98. The summed E-state index contributed by atoms with van der Waals surface area (Å²) in [5.74, 6) is -2.65. The van der Waals surface area contributed by atoms with Gasteiger partial charge in [-0.05, 0) is 55.2 Å². The normalized spacial score (nSPS) is 18.2. The molecule has 1 unspecified atom stereocenters. The van der Waals surface area contributed by atoms with Gasteiger partial charge in [-0.2, -0.15) is 0 Å². The van der Waals surface area contributed by atoms with Crippen molar-refractivity contribution in [3.63, 3.8) is 0 Å². The molecule has 1 atom stereocenters. The first kappa shape index (κ1) is 25.8. The summed E-state index contributed by atoms with van der Waals surface area (Å²) in [5.41, 5.74) is 1.72. The van der Waals surface area contributed by atoms with Crippen molar-refractivity contribution in [2.75, 3.05) is 11.3 Å². The Bertz CT molecular complexity index is 1470. The Labute approximate surface area is 215 Å². The number of anilines is 1. The summed E-state index contributed by atoms with van der Waals surface area (Å²) >= 11 is 6.26. The molecule has 188 valence electrons. The standard InChI is InChI=1S/C26H26ClN3O5S/c1-14-12-15(2)28-23(31)18(14)13-30-24(32)21-19(27)10-11-20(22(21)25(30)33)29-36(34,35)17-8-6-16(7-9-17)26(3,4)5/h6-12,18,29H,13H2,1-5H3. The fourth-order valence-electron chi connectivity index (χ4n) is 4.27. The van der Waals surface area contributed by atoms with E-state index in [2.05, 4.69) is 9.71 Å². The number of carbonyl (C=O) groups excluding carboxylic acids is 3. The minimum atomic E-state index is -4.08. The Morgan fingerprint density at radius 1 is 0.972 bits per heavy atom. The second kappa shape index (κ2) is 8.97. The lowest BCUT2D eigenvalue weighted by Gasteiger charge is -2.23. The molecule has 0 fully saturated rings. The van der Waals surface area contributed by atoms with Crippen molar-refractivity contribution >= 4 is 50.7 Å². The van der Waals surface area contributed by atoms with E-state index in [-0.39, 0.29) is 38.7 Å². The van der Waals surface area contributed by atoms with Crippen LogP contribution >= 0.6 is 11.6 Å². The maximum atomic E-state index is 13.4. The van der Waals surface area contributed by atoms with Crippen LogP contribution in [0.3, 0.4) is 0 Å². The number of nitrogens with one attached hydrogen (secondary N) is 1. The summed E-state index contributed by atoms with van der Waals surface area (Å²) in [6.07, 6.45) is 1.72. The highest BCUT2D eigenvalue weighted by Gasteiger charge is 2.42. The topological polar surface area (TPSA) is 113 Å². The van der Waals surface area contributed by atoms with E-state index in [1.54, 1.807) is 32.1 Å². The predicted octanol–water partition coefficient (Wildman–Crippen LogP) is 4.60. The molecule has 0 radical (unpaired) electrons. The fourth-order valence-corrected chi connectivity index (χ4v) is 5.58.